The molecule has 2 heterocycles. The number of nitrogens with one attached hydrogen (secondary N) is 1. The zero-order valence-electron chi connectivity index (χ0n) is 14.6. The van der Waals surface area contributed by atoms with Gasteiger partial charge in [-0.2, -0.15) is 0 Å². The number of hydrogen-bond donors (Lipinski definition) is 1. The van der Waals surface area contributed by atoms with E-state index in [1.54, 1.807) is 26.0 Å². The first-order chi connectivity index (χ1) is 11.9. The lowest BCUT2D eigenvalue weighted by atomic mass is 10.1. The summed E-state index contributed by atoms with van der Waals surface area (Å²) in [5, 5.41) is 2.69. The van der Waals surface area contributed by atoms with Gasteiger partial charge in [-0.15, -0.1) is 0 Å². The molecule has 0 unspecified atom stereocenters. The zero-order valence-corrected chi connectivity index (χ0v) is 14.6. The molecule has 1 atom stereocenters. The Bertz CT molecular complexity index is 647. The molecule has 0 radical (unpaired) electrons. The number of imide groups is 1. The van der Waals surface area contributed by atoms with Gasteiger partial charge in [0.05, 0.1) is 12.7 Å². The third kappa shape index (κ3) is 3.99. The maximum Gasteiger partial charge on any atom is 0.325 e. The second kappa shape index (κ2) is 7.09. The molecule has 25 heavy (non-hydrogen) atoms. The number of carbonyl (C=O) groups is 2. The van der Waals surface area contributed by atoms with Crippen molar-refractivity contribution in [1.82, 2.24) is 15.1 Å². The highest BCUT2D eigenvalue weighted by molar-refractivity contribution is 6.06. The van der Waals surface area contributed by atoms with Gasteiger partial charge < -0.3 is 10.1 Å². The molecule has 136 valence electrons. The molecule has 1 N–H and O–H groups in total. The standard InChI is InChI=1S/C18H24FN3O3/c1-18(2)16(23)22(17(24)20-18)9-3-8-21-10-11-25-15(12-21)13-4-6-14(19)7-5-13/h4-7,15H,3,8-12H2,1-2H3,(H,20,24)/t15-/m0/s1. The van der Waals surface area contributed by atoms with Gasteiger partial charge in [0.25, 0.3) is 5.91 Å². The average molecular weight is 349 g/mol. The number of carbonyl (C=O) groups excluding carboxylic acids is 2. The Morgan fingerprint density at radius 3 is 2.60 bits per heavy atom. The van der Waals surface area contributed by atoms with Crippen molar-refractivity contribution >= 4 is 11.9 Å². The van der Waals surface area contributed by atoms with E-state index in [-0.39, 0.29) is 23.9 Å². The molecule has 2 saturated heterocycles. The average Bonchev–Trinajstić information content (AvgIpc) is 2.77. The first kappa shape index (κ1) is 17.8. The topological polar surface area (TPSA) is 61.9 Å². The molecule has 0 spiro atoms. The molecule has 6 nitrogen and oxygen atoms in total. The summed E-state index contributed by atoms with van der Waals surface area (Å²) in [5.41, 5.74) is 0.144. The molecule has 3 rings (SSSR count). The minimum Gasteiger partial charge on any atom is -0.371 e. The van der Waals surface area contributed by atoms with E-state index in [1.165, 1.54) is 17.0 Å². The molecule has 2 fully saturated rings. The highest BCUT2D eigenvalue weighted by Crippen LogP contribution is 2.23. The lowest BCUT2D eigenvalue weighted by molar-refractivity contribution is -0.130. The van der Waals surface area contributed by atoms with Crippen LogP contribution in [0, 0.1) is 5.82 Å². The third-order valence-corrected chi connectivity index (χ3v) is 4.69. The lowest BCUT2D eigenvalue weighted by Gasteiger charge is -2.33. The zero-order chi connectivity index (χ0) is 18.0. The first-order valence-electron chi connectivity index (χ1n) is 8.60. The molecule has 0 saturated carbocycles. The summed E-state index contributed by atoms with van der Waals surface area (Å²) in [5.74, 6) is -0.434. The van der Waals surface area contributed by atoms with Crippen LogP contribution < -0.4 is 5.32 Å². The third-order valence-electron chi connectivity index (χ3n) is 4.69. The molecule has 3 amide bonds. The van der Waals surface area contributed by atoms with Crippen molar-refractivity contribution in [3.8, 4) is 0 Å². The largest absolute Gasteiger partial charge is 0.371 e. The number of rotatable bonds is 5. The summed E-state index contributed by atoms with van der Waals surface area (Å²) in [6, 6.07) is 6.06. The van der Waals surface area contributed by atoms with Gasteiger partial charge in [-0.05, 0) is 38.0 Å². The molecule has 7 heteroatoms. The van der Waals surface area contributed by atoms with E-state index in [2.05, 4.69) is 10.2 Å². The molecule has 0 bridgehead atoms. The monoisotopic (exact) mass is 349 g/mol. The Hall–Kier alpha value is -1.99. The fourth-order valence-electron chi connectivity index (χ4n) is 3.26. The van der Waals surface area contributed by atoms with E-state index in [0.717, 1.165) is 25.2 Å². The quantitative estimate of drug-likeness (QED) is 0.825. The van der Waals surface area contributed by atoms with Crippen molar-refractivity contribution in [1.29, 1.82) is 0 Å². The molecule has 0 aromatic heterocycles. The predicted octanol–water partition coefficient (Wildman–Crippen LogP) is 1.92. The predicted molar refractivity (Wildman–Crippen MR) is 90.5 cm³/mol. The van der Waals surface area contributed by atoms with Crippen LogP contribution >= 0.6 is 0 Å². The van der Waals surface area contributed by atoms with Crippen molar-refractivity contribution in [2.75, 3.05) is 32.8 Å². The number of hydrogen-bond acceptors (Lipinski definition) is 4. The number of ether oxygens (including phenoxy) is 1. The van der Waals surface area contributed by atoms with E-state index >= 15 is 0 Å². The molecular weight excluding hydrogens is 325 g/mol. The summed E-state index contributed by atoms with van der Waals surface area (Å²) in [6.07, 6.45) is 0.635. The highest BCUT2D eigenvalue weighted by Gasteiger charge is 2.43. The van der Waals surface area contributed by atoms with E-state index in [1.807, 2.05) is 0 Å². The summed E-state index contributed by atoms with van der Waals surface area (Å²) in [7, 11) is 0. The second-order valence-corrected chi connectivity index (χ2v) is 7.08. The fourth-order valence-corrected chi connectivity index (χ4v) is 3.26. The van der Waals surface area contributed by atoms with Crippen LogP contribution in [0.5, 0.6) is 0 Å². The minimum absolute atomic E-state index is 0.0787. The van der Waals surface area contributed by atoms with Crippen LogP contribution in [0.2, 0.25) is 0 Å². The van der Waals surface area contributed by atoms with Crippen molar-refractivity contribution < 1.29 is 18.7 Å². The first-order valence-corrected chi connectivity index (χ1v) is 8.60. The fraction of sp³-hybridized carbons (Fsp3) is 0.556. The van der Waals surface area contributed by atoms with Gasteiger partial charge in [-0.1, -0.05) is 12.1 Å². The Balaban J connectivity index is 1.49. The van der Waals surface area contributed by atoms with E-state index in [9.17, 15) is 14.0 Å². The maximum absolute atomic E-state index is 13.0. The molecule has 1 aromatic carbocycles. The normalized spacial score (nSPS) is 23.8. The molecule has 2 aliphatic rings. The number of morpholine rings is 1. The van der Waals surface area contributed by atoms with Crippen LogP contribution in [0.3, 0.4) is 0 Å². The van der Waals surface area contributed by atoms with Crippen LogP contribution in [0.15, 0.2) is 24.3 Å². The van der Waals surface area contributed by atoms with Crippen LogP contribution in [0.25, 0.3) is 0 Å². The SMILES string of the molecule is CC1(C)NC(=O)N(CCCN2CCO[C@H](c3ccc(F)cc3)C2)C1=O. The number of halogens is 1. The van der Waals surface area contributed by atoms with Crippen LogP contribution in [-0.4, -0.2) is 60.1 Å². The van der Waals surface area contributed by atoms with Gasteiger partial charge >= 0.3 is 6.03 Å². The Labute approximate surface area is 146 Å². The number of nitrogens with zero attached hydrogens (tertiary/aromatic N) is 2. The Morgan fingerprint density at radius 1 is 1.24 bits per heavy atom. The van der Waals surface area contributed by atoms with Crippen molar-refractivity contribution in [2.24, 2.45) is 0 Å². The summed E-state index contributed by atoms with van der Waals surface area (Å²) < 4.78 is 18.8. The van der Waals surface area contributed by atoms with Crippen LogP contribution in [0.1, 0.15) is 31.9 Å². The lowest BCUT2D eigenvalue weighted by Crippen LogP contribution is -2.41. The van der Waals surface area contributed by atoms with E-state index < -0.39 is 5.54 Å². The maximum atomic E-state index is 13.0. The van der Waals surface area contributed by atoms with Gasteiger partial charge in [-0.25, -0.2) is 9.18 Å². The van der Waals surface area contributed by atoms with Gasteiger partial charge in [0.1, 0.15) is 11.4 Å². The summed E-state index contributed by atoms with van der Waals surface area (Å²) in [6.45, 7) is 6.75. The Kier molecular flexibility index (Phi) is 5.06. The molecule has 1 aromatic rings. The van der Waals surface area contributed by atoms with Crippen molar-refractivity contribution in [3.63, 3.8) is 0 Å². The molecule has 0 aliphatic carbocycles. The second-order valence-electron chi connectivity index (χ2n) is 7.08. The van der Waals surface area contributed by atoms with Crippen molar-refractivity contribution in [3.05, 3.63) is 35.6 Å². The van der Waals surface area contributed by atoms with Gasteiger partial charge in [0.15, 0.2) is 0 Å². The van der Waals surface area contributed by atoms with Crippen LogP contribution in [-0.2, 0) is 9.53 Å². The van der Waals surface area contributed by atoms with E-state index in [4.69, 9.17) is 4.74 Å². The smallest absolute Gasteiger partial charge is 0.325 e. The van der Waals surface area contributed by atoms with E-state index in [0.29, 0.717) is 19.6 Å². The summed E-state index contributed by atoms with van der Waals surface area (Å²) >= 11 is 0. The summed E-state index contributed by atoms with van der Waals surface area (Å²) in [4.78, 5) is 27.6. The van der Waals surface area contributed by atoms with Crippen molar-refractivity contribution in [2.45, 2.75) is 31.9 Å². The number of amides is 3. The number of benzene rings is 1. The minimum atomic E-state index is -0.816. The Morgan fingerprint density at radius 2 is 1.96 bits per heavy atom. The molecule has 2 aliphatic heterocycles. The molecular formula is C18H24FN3O3. The van der Waals surface area contributed by atoms with Gasteiger partial charge in [0.2, 0.25) is 0 Å². The van der Waals surface area contributed by atoms with Crippen LogP contribution in [0.4, 0.5) is 9.18 Å². The van der Waals surface area contributed by atoms with Gasteiger partial charge in [-0.3, -0.25) is 14.6 Å². The number of urea groups is 1. The van der Waals surface area contributed by atoms with Gasteiger partial charge in [0, 0.05) is 26.2 Å². The highest BCUT2D eigenvalue weighted by atomic mass is 19.1.